The van der Waals surface area contributed by atoms with Gasteiger partial charge in [0.2, 0.25) is 5.82 Å². The Balaban J connectivity index is 1.56. The number of hydrogen-bond acceptors (Lipinski definition) is 6. The third-order valence-electron chi connectivity index (χ3n) is 4.32. The standard InChI is InChI=1S/C14H20N4O3S/c19-11-6-2-1-4-10(11)5-3-7-15-12-13(18(20)21)17-8-9-22-14(17)16-12/h8-11,15,19H,1-7H2. The summed E-state index contributed by atoms with van der Waals surface area (Å²) in [6.07, 6.45) is 7.61. The SMILES string of the molecule is O=[N+]([O-])c1c(NCCCC2CCCCC2O)nc2sccn12. The van der Waals surface area contributed by atoms with Crippen molar-refractivity contribution in [2.45, 2.75) is 44.6 Å². The molecule has 2 atom stereocenters. The van der Waals surface area contributed by atoms with Gasteiger partial charge in [-0.3, -0.25) is 0 Å². The maximum absolute atomic E-state index is 11.2. The lowest BCUT2D eigenvalue weighted by atomic mass is 9.83. The predicted octanol–water partition coefficient (Wildman–Crippen LogP) is 3.05. The van der Waals surface area contributed by atoms with E-state index in [0.717, 1.165) is 32.1 Å². The van der Waals surface area contributed by atoms with Gasteiger partial charge in [-0.15, -0.1) is 0 Å². The van der Waals surface area contributed by atoms with Gasteiger partial charge in [0.05, 0.1) is 6.10 Å². The van der Waals surface area contributed by atoms with E-state index >= 15 is 0 Å². The third kappa shape index (κ3) is 3.07. The van der Waals surface area contributed by atoms with Crippen LogP contribution in [0.15, 0.2) is 11.6 Å². The van der Waals surface area contributed by atoms with Crippen LogP contribution < -0.4 is 5.32 Å². The fourth-order valence-electron chi connectivity index (χ4n) is 3.16. The Morgan fingerprint density at radius 1 is 1.50 bits per heavy atom. The van der Waals surface area contributed by atoms with Crippen molar-refractivity contribution in [3.05, 3.63) is 21.7 Å². The topological polar surface area (TPSA) is 92.7 Å². The summed E-state index contributed by atoms with van der Waals surface area (Å²) < 4.78 is 1.50. The molecular formula is C14H20N4O3S. The van der Waals surface area contributed by atoms with E-state index in [0.29, 0.717) is 23.2 Å². The summed E-state index contributed by atoms with van der Waals surface area (Å²) in [6.45, 7) is 0.634. The highest BCUT2D eigenvalue weighted by Gasteiger charge is 2.24. The van der Waals surface area contributed by atoms with E-state index in [1.807, 2.05) is 0 Å². The summed E-state index contributed by atoms with van der Waals surface area (Å²) in [5.74, 6) is 0.700. The van der Waals surface area contributed by atoms with Crippen molar-refractivity contribution in [3.63, 3.8) is 0 Å². The zero-order valence-corrected chi connectivity index (χ0v) is 13.1. The lowest BCUT2D eigenvalue weighted by Crippen LogP contribution is -2.24. The average Bonchev–Trinajstić information content (AvgIpc) is 3.05. The van der Waals surface area contributed by atoms with Gasteiger partial charge in [0.15, 0.2) is 0 Å². The zero-order chi connectivity index (χ0) is 15.5. The van der Waals surface area contributed by atoms with Crippen LogP contribution in [-0.2, 0) is 0 Å². The van der Waals surface area contributed by atoms with E-state index in [9.17, 15) is 15.2 Å². The molecule has 1 fully saturated rings. The Kier molecular flexibility index (Phi) is 4.58. The highest BCUT2D eigenvalue weighted by Crippen LogP contribution is 2.29. The Labute approximate surface area is 132 Å². The van der Waals surface area contributed by atoms with Crippen LogP contribution in [0.2, 0.25) is 0 Å². The largest absolute Gasteiger partial charge is 0.393 e. The van der Waals surface area contributed by atoms with Crippen LogP contribution in [0.5, 0.6) is 0 Å². The zero-order valence-electron chi connectivity index (χ0n) is 12.3. The summed E-state index contributed by atoms with van der Waals surface area (Å²) in [7, 11) is 0. The summed E-state index contributed by atoms with van der Waals surface area (Å²) in [5, 5.41) is 26.0. The van der Waals surface area contributed by atoms with E-state index in [-0.39, 0.29) is 11.9 Å². The lowest BCUT2D eigenvalue weighted by Gasteiger charge is -2.27. The lowest BCUT2D eigenvalue weighted by molar-refractivity contribution is -0.389. The van der Waals surface area contributed by atoms with Crippen LogP contribution in [0.3, 0.4) is 0 Å². The summed E-state index contributed by atoms with van der Waals surface area (Å²) in [5.41, 5.74) is 0. The second kappa shape index (κ2) is 6.62. The molecule has 2 unspecified atom stereocenters. The van der Waals surface area contributed by atoms with Gasteiger partial charge in [-0.25, -0.2) is 0 Å². The van der Waals surface area contributed by atoms with Crippen LogP contribution in [0.25, 0.3) is 4.96 Å². The molecular weight excluding hydrogens is 304 g/mol. The molecule has 2 N–H and O–H groups in total. The van der Waals surface area contributed by atoms with Crippen LogP contribution in [-0.4, -0.2) is 32.1 Å². The number of fused-ring (bicyclic) bond motifs is 1. The number of aromatic nitrogens is 2. The number of nitrogens with zero attached hydrogens (tertiary/aromatic N) is 3. The molecule has 2 aromatic heterocycles. The van der Waals surface area contributed by atoms with Gasteiger partial charge in [0.1, 0.15) is 6.20 Å². The fraction of sp³-hybridized carbons (Fsp3) is 0.643. The number of nitro groups is 1. The Morgan fingerprint density at radius 2 is 2.32 bits per heavy atom. The normalized spacial score (nSPS) is 22.0. The van der Waals surface area contributed by atoms with E-state index in [1.165, 1.54) is 22.2 Å². The molecule has 1 aliphatic carbocycles. The molecule has 22 heavy (non-hydrogen) atoms. The predicted molar refractivity (Wildman–Crippen MR) is 85.4 cm³/mol. The Bertz CT molecular complexity index is 654. The van der Waals surface area contributed by atoms with Gasteiger partial charge < -0.3 is 20.5 Å². The van der Waals surface area contributed by atoms with Crippen LogP contribution >= 0.6 is 11.3 Å². The van der Waals surface area contributed by atoms with E-state index in [4.69, 9.17) is 0 Å². The number of nitrogens with one attached hydrogen (secondary N) is 1. The van der Waals surface area contributed by atoms with E-state index in [2.05, 4.69) is 10.3 Å². The molecule has 0 amide bonds. The smallest absolute Gasteiger partial charge is 0.372 e. The van der Waals surface area contributed by atoms with Crippen molar-refractivity contribution < 1.29 is 10.0 Å². The molecule has 2 heterocycles. The van der Waals surface area contributed by atoms with Crippen LogP contribution in [0, 0.1) is 16.0 Å². The van der Waals surface area contributed by atoms with Gasteiger partial charge in [-0.1, -0.05) is 24.2 Å². The van der Waals surface area contributed by atoms with Gasteiger partial charge in [-0.2, -0.15) is 9.38 Å². The molecule has 0 radical (unpaired) electrons. The highest BCUT2D eigenvalue weighted by atomic mass is 32.1. The van der Waals surface area contributed by atoms with Crippen LogP contribution in [0.4, 0.5) is 11.6 Å². The molecule has 0 aromatic carbocycles. The van der Waals surface area contributed by atoms with Gasteiger partial charge in [-0.05, 0) is 36.5 Å². The minimum atomic E-state index is -0.403. The third-order valence-corrected chi connectivity index (χ3v) is 5.08. The summed E-state index contributed by atoms with van der Waals surface area (Å²) in [6, 6.07) is 0. The number of imidazole rings is 1. The first-order valence-corrected chi connectivity index (χ1v) is 8.56. The average molecular weight is 324 g/mol. The van der Waals surface area contributed by atoms with E-state index in [1.54, 1.807) is 11.6 Å². The van der Waals surface area contributed by atoms with Crippen molar-refractivity contribution in [1.82, 2.24) is 9.38 Å². The summed E-state index contributed by atoms with van der Waals surface area (Å²) in [4.78, 5) is 15.7. The number of aliphatic hydroxyl groups excluding tert-OH is 1. The van der Waals surface area contributed by atoms with E-state index < -0.39 is 4.92 Å². The van der Waals surface area contributed by atoms with Crippen molar-refractivity contribution in [2.24, 2.45) is 5.92 Å². The number of thiazole rings is 1. The molecule has 0 saturated heterocycles. The quantitative estimate of drug-likeness (QED) is 0.484. The van der Waals surface area contributed by atoms with Crippen molar-refractivity contribution in [1.29, 1.82) is 0 Å². The molecule has 0 aliphatic heterocycles. The molecule has 3 rings (SSSR count). The highest BCUT2D eigenvalue weighted by molar-refractivity contribution is 7.15. The van der Waals surface area contributed by atoms with Crippen molar-refractivity contribution >= 4 is 27.9 Å². The second-order valence-electron chi connectivity index (χ2n) is 5.78. The van der Waals surface area contributed by atoms with Gasteiger partial charge in [0, 0.05) is 11.9 Å². The molecule has 1 saturated carbocycles. The molecule has 7 nitrogen and oxygen atoms in total. The Morgan fingerprint density at radius 3 is 3.09 bits per heavy atom. The molecule has 120 valence electrons. The second-order valence-corrected chi connectivity index (χ2v) is 6.65. The Hall–Kier alpha value is -1.67. The first-order chi connectivity index (χ1) is 10.7. The van der Waals surface area contributed by atoms with Crippen LogP contribution in [0.1, 0.15) is 38.5 Å². The minimum Gasteiger partial charge on any atom is -0.393 e. The maximum atomic E-state index is 11.2. The monoisotopic (exact) mass is 324 g/mol. The number of aliphatic hydroxyl groups is 1. The first kappa shape index (κ1) is 15.2. The minimum absolute atomic E-state index is 0.00560. The number of anilines is 1. The summed E-state index contributed by atoms with van der Waals surface area (Å²) >= 11 is 1.38. The molecule has 0 bridgehead atoms. The molecule has 8 heteroatoms. The molecule has 0 spiro atoms. The number of hydrogen-bond donors (Lipinski definition) is 2. The molecule has 1 aliphatic rings. The first-order valence-electron chi connectivity index (χ1n) is 7.68. The number of rotatable bonds is 6. The van der Waals surface area contributed by atoms with Crippen molar-refractivity contribution in [3.8, 4) is 0 Å². The van der Waals surface area contributed by atoms with Crippen molar-refractivity contribution in [2.75, 3.05) is 11.9 Å². The fourth-order valence-corrected chi connectivity index (χ4v) is 3.87. The van der Waals surface area contributed by atoms with Gasteiger partial charge in [0.25, 0.3) is 4.96 Å². The maximum Gasteiger partial charge on any atom is 0.372 e. The molecule has 2 aromatic rings. The van der Waals surface area contributed by atoms with Gasteiger partial charge >= 0.3 is 5.82 Å².